The van der Waals surface area contributed by atoms with E-state index in [1.54, 1.807) is 6.07 Å². The standard InChI is InChI=1S/C19H22N4O3.ClH/c1-20-10-13-6-8-22(9-7-13)16(24)11-23-12-21-17-14-4-2-3-5-15(14)26-18(17)19(23)25;/h2-5,12-13,20H,6-11H2,1H3;1H. The zero-order valence-corrected chi connectivity index (χ0v) is 16.0. The van der Waals surface area contributed by atoms with Gasteiger partial charge in [0.2, 0.25) is 11.5 Å². The second-order valence-electron chi connectivity index (χ2n) is 6.84. The van der Waals surface area contributed by atoms with Gasteiger partial charge >= 0.3 is 0 Å². The third-order valence-electron chi connectivity index (χ3n) is 5.12. The average Bonchev–Trinajstić information content (AvgIpc) is 3.04. The minimum absolute atomic E-state index is 0. The second-order valence-corrected chi connectivity index (χ2v) is 6.84. The first-order valence-electron chi connectivity index (χ1n) is 8.96. The summed E-state index contributed by atoms with van der Waals surface area (Å²) in [4.78, 5) is 31.5. The first kappa shape index (κ1) is 19.4. The van der Waals surface area contributed by atoms with E-state index in [9.17, 15) is 9.59 Å². The highest BCUT2D eigenvalue weighted by Crippen LogP contribution is 2.24. The first-order valence-corrected chi connectivity index (χ1v) is 8.96. The van der Waals surface area contributed by atoms with Gasteiger partial charge in [-0.25, -0.2) is 4.98 Å². The van der Waals surface area contributed by atoms with Crippen LogP contribution in [0, 0.1) is 5.92 Å². The number of halogens is 1. The summed E-state index contributed by atoms with van der Waals surface area (Å²) < 4.78 is 7.00. The van der Waals surface area contributed by atoms with Crippen molar-refractivity contribution in [1.82, 2.24) is 19.8 Å². The number of carbonyl (C=O) groups excluding carboxylic acids is 1. The molecule has 3 aromatic rings. The van der Waals surface area contributed by atoms with Gasteiger partial charge in [0.15, 0.2) is 0 Å². The Hall–Kier alpha value is -2.38. The number of para-hydroxylation sites is 1. The molecule has 0 spiro atoms. The van der Waals surface area contributed by atoms with Crippen LogP contribution in [-0.4, -0.2) is 47.0 Å². The van der Waals surface area contributed by atoms with Crippen molar-refractivity contribution in [2.24, 2.45) is 5.92 Å². The number of benzene rings is 1. The predicted octanol–water partition coefficient (Wildman–Crippen LogP) is 2.02. The molecule has 0 unspecified atom stereocenters. The van der Waals surface area contributed by atoms with E-state index in [0.717, 1.165) is 37.9 Å². The number of likely N-dealkylation sites (tertiary alicyclic amines) is 1. The number of nitrogens with zero attached hydrogens (tertiary/aromatic N) is 3. The Bertz CT molecular complexity index is 1010. The van der Waals surface area contributed by atoms with Crippen molar-refractivity contribution in [3.05, 3.63) is 40.9 Å². The van der Waals surface area contributed by atoms with E-state index < -0.39 is 0 Å². The molecule has 1 aromatic carbocycles. The summed E-state index contributed by atoms with van der Waals surface area (Å²) in [5, 5.41) is 4.00. The Morgan fingerprint density at radius 1 is 1.30 bits per heavy atom. The lowest BCUT2D eigenvalue weighted by molar-refractivity contribution is -0.133. The quantitative estimate of drug-likeness (QED) is 0.737. The van der Waals surface area contributed by atoms with E-state index in [1.165, 1.54) is 10.9 Å². The lowest BCUT2D eigenvalue weighted by Gasteiger charge is -2.32. The van der Waals surface area contributed by atoms with Gasteiger partial charge in [-0.15, -0.1) is 12.4 Å². The Kier molecular flexibility index (Phi) is 5.82. The number of piperidine rings is 1. The smallest absolute Gasteiger partial charge is 0.297 e. The molecule has 0 aliphatic carbocycles. The molecule has 0 saturated carbocycles. The fraction of sp³-hybridized carbons (Fsp3) is 0.421. The van der Waals surface area contributed by atoms with Gasteiger partial charge in [-0.1, -0.05) is 12.1 Å². The van der Waals surface area contributed by atoms with Crippen molar-refractivity contribution in [2.45, 2.75) is 19.4 Å². The molecule has 0 radical (unpaired) electrons. The number of aromatic nitrogens is 2. The number of fused-ring (bicyclic) bond motifs is 3. The molecule has 8 heteroatoms. The Morgan fingerprint density at radius 2 is 2.04 bits per heavy atom. The molecule has 2 aromatic heterocycles. The van der Waals surface area contributed by atoms with Crippen LogP contribution in [0.1, 0.15) is 12.8 Å². The van der Waals surface area contributed by atoms with Crippen LogP contribution < -0.4 is 10.9 Å². The molecule has 1 fully saturated rings. The first-order chi connectivity index (χ1) is 12.7. The molecular weight excluding hydrogens is 368 g/mol. The summed E-state index contributed by atoms with van der Waals surface area (Å²) in [5.74, 6) is 0.563. The van der Waals surface area contributed by atoms with Crippen LogP contribution >= 0.6 is 12.4 Å². The van der Waals surface area contributed by atoms with E-state index >= 15 is 0 Å². The minimum Gasteiger partial charge on any atom is -0.448 e. The third kappa shape index (κ3) is 3.70. The van der Waals surface area contributed by atoms with Gasteiger partial charge in [0, 0.05) is 18.5 Å². The van der Waals surface area contributed by atoms with Crippen molar-refractivity contribution in [2.75, 3.05) is 26.7 Å². The van der Waals surface area contributed by atoms with E-state index in [2.05, 4.69) is 10.3 Å². The zero-order valence-electron chi connectivity index (χ0n) is 15.2. The Balaban J connectivity index is 0.00000210. The third-order valence-corrected chi connectivity index (χ3v) is 5.12. The van der Waals surface area contributed by atoms with Gasteiger partial charge in [0.05, 0.1) is 6.33 Å². The fourth-order valence-electron chi connectivity index (χ4n) is 3.65. The maximum absolute atomic E-state index is 12.7. The molecule has 7 nitrogen and oxygen atoms in total. The van der Waals surface area contributed by atoms with Gasteiger partial charge in [-0.3, -0.25) is 14.2 Å². The van der Waals surface area contributed by atoms with Crippen LogP contribution in [0.2, 0.25) is 0 Å². The molecule has 1 saturated heterocycles. The lowest BCUT2D eigenvalue weighted by Crippen LogP contribution is -2.42. The molecule has 27 heavy (non-hydrogen) atoms. The maximum Gasteiger partial charge on any atom is 0.297 e. The largest absolute Gasteiger partial charge is 0.448 e. The fourth-order valence-corrected chi connectivity index (χ4v) is 3.65. The molecule has 1 aliphatic heterocycles. The molecule has 1 amide bonds. The molecule has 144 valence electrons. The van der Waals surface area contributed by atoms with Crippen molar-refractivity contribution in [3.63, 3.8) is 0 Å². The highest BCUT2D eigenvalue weighted by Gasteiger charge is 2.23. The summed E-state index contributed by atoms with van der Waals surface area (Å²) in [5.41, 5.74) is 1.06. The average molecular weight is 391 g/mol. The van der Waals surface area contributed by atoms with Crippen LogP contribution in [0.4, 0.5) is 0 Å². The number of nitrogens with one attached hydrogen (secondary N) is 1. The molecule has 4 rings (SSSR count). The molecular formula is C19H23ClN4O3. The van der Waals surface area contributed by atoms with Gasteiger partial charge in [-0.2, -0.15) is 0 Å². The number of amides is 1. The number of carbonyl (C=O) groups is 1. The number of rotatable bonds is 4. The molecule has 1 aliphatic rings. The SMILES string of the molecule is CNCC1CCN(C(=O)Cn2cnc3c(oc4ccccc43)c2=O)CC1.Cl. The van der Waals surface area contributed by atoms with Gasteiger partial charge < -0.3 is 14.6 Å². The minimum atomic E-state index is -0.315. The van der Waals surface area contributed by atoms with Crippen LogP contribution in [0.5, 0.6) is 0 Å². The Labute approximate surface area is 162 Å². The number of furan rings is 1. The van der Waals surface area contributed by atoms with Crippen molar-refractivity contribution in [3.8, 4) is 0 Å². The van der Waals surface area contributed by atoms with Crippen LogP contribution in [-0.2, 0) is 11.3 Å². The maximum atomic E-state index is 12.7. The van der Waals surface area contributed by atoms with Crippen molar-refractivity contribution in [1.29, 1.82) is 0 Å². The lowest BCUT2D eigenvalue weighted by atomic mass is 9.97. The molecule has 0 bridgehead atoms. The number of hydrogen-bond donors (Lipinski definition) is 1. The number of hydrogen-bond acceptors (Lipinski definition) is 5. The van der Waals surface area contributed by atoms with Crippen LogP contribution in [0.25, 0.3) is 22.1 Å². The summed E-state index contributed by atoms with van der Waals surface area (Å²) in [6, 6.07) is 7.41. The normalized spacial score (nSPS) is 15.2. The van der Waals surface area contributed by atoms with Crippen LogP contribution in [0.3, 0.4) is 0 Å². The van der Waals surface area contributed by atoms with E-state index in [4.69, 9.17) is 4.42 Å². The van der Waals surface area contributed by atoms with E-state index in [0.29, 0.717) is 17.0 Å². The topological polar surface area (TPSA) is 80.4 Å². The highest BCUT2D eigenvalue weighted by molar-refractivity contribution is 6.01. The monoisotopic (exact) mass is 390 g/mol. The molecule has 3 heterocycles. The predicted molar refractivity (Wildman–Crippen MR) is 106 cm³/mol. The summed E-state index contributed by atoms with van der Waals surface area (Å²) in [6.45, 7) is 2.45. The summed E-state index contributed by atoms with van der Waals surface area (Å²) in [6.07, 6.45) is 3.42. The summed E-state index contributed by atoms with van der Waals surface area (Å²) >= 11 is 0. The highest BCUT2D eigenvalue weighted by atomic mass is 35.5. The van der Waals surface area contributed by atoms with Crippen molar-refractivity contribution < 1.29 is 9.21 Å². The summed E-state index contributed by atoms with van der Waals surface area (Å²) in [7, 11) is 1.95. The van der Waals surface area contributed by atoms with Gasteiger partial charge in [-0.05, 0) is 44.5 Å². The van der Waals surface area contributed by atoms with Crippen LogP contribution in [0.15, 0.2) is 39.8 Å². The molecule has 1 N–H and O–H groups in total. The molecule has 0 atom stereocenters. The zero-order chi connectivity index (χ0) is 18.1. The van der Waals surface area contributed by atoms with Gasteiger partial charge in [0.25, 0.3) is 5.56 Å². The Morgan fingerprint density at radius 3 is 2.78 bits per heavy atom. The van der Waals surface area contributed by atoms with E-state index in [1.807, 2.05) is 30.1 Å². The van der Waals surface area contributed by atoms with Crippen molar-refractivity contribution >= 4 is 40.4 Å². The van der Waals surface area contributed by atoms with Gasteiger partial charge in [0.1, 0.15) is 17.6 Å². The van der Waals surface area contributed by atoms with E-state index in [-0.39, 0.29) is 36.0 Å². The second kappa shape index (κ2) is 8.10.